The molecule has 5 heteroatoms. The van der Waals surface area contributed by atoms with Crippen LogP contribution in [0.3, 0.4) is 0 Å². The molecule has 1 aliphatic heterocycles. The van der Waals surface area contributed by atoms with Crippen LogP contribution in [-0.2, 0) is 0 Å². The summed E-state index contributed by atoms with van der Waals surface area (Å²) >= 11 is 3.99. The second-order valence-corrected chi connectivity index (χ2v) is 7.32. The van der Waals surface area contributed by atoms with Gasteiger partial charge in [-0.3, -0.25) is 0 Å². The van der Waals surface area contributed by atoms with Crippen LogP contribution in [-0.4, -0.2) is 41.1 Å². The molecule has 0 aromatic carbocycles. The highest BCUT2D eigenvalue weighted by molar-refractivity contribution is 8.06. The number of hydrogen-bond donors (Lipinski definition) is 2. The zero-order valence-corrected chi connectivity index (χ0v) is 11.9. The Morgan fingerprint density at radius 2 is 2.00 bits per heavy atom. The largest absolute Gasteiger partial charge is 0.337 e. The highest BCUT2D eigenvalue weighted by Gasteiger charge is 2.18. The summed E-state index contributed by atoms with van der Waals surface area (Å²) in [6.45, 7) is 0.816. The van der Waals surface area contributed by atoms with Gasteiger partial charge in [0.2, 0.25) is 0 Å². The van der Waals surface area contributed by atoms with Crippen LogP contribution in [0.4, 0.5) is 4.79 Å². The van der Waals surface area contributed by atoms with E-state index in [4.69, 9.17) is 0 Å². The normalized spacial score (nSPS) is 26.5. The molecule has 0 unspecified atom stereocenters. The van der Waals surface area contributed by atoms with Crippen LogP contribution in [0, 0.1) is 0 Å². The van der Waals surface area contributed by atoms with Crippen molar-refractivity contribution in [1.82, 2.24) is 10.6 Å². The monoisotopic (exact) mass is 274 g/mol. The fourth-order valence-electron chi connectivity index (χ4n) is 2.34. The maximum Gasteiger partial charge on any atom is 0.315 e. The maximum atomic E-state index is 11.7. The Hall–Kier alpha value is -0.0300. The van der Waals surface area contributed by atoms with E-state index >= 15 is 0 Å². The van der Waals surface area contributed by atoms with Crippen LogP contribution in [0.15, 0.2) is 0 Å². The fourth-order valence-corrected chi connectivity index (χ4v) is 4.96. The molecule has 0 radical (unpaired) electrons. The van der Waals surface area contributed by atoms with Crippen molar-refractivity contribution in [2.75, 3.05) is 23.8 Å². The molecule has 0 aromatic rings. The Balaban J connectivity index is 1.59. The van der Waals surface area contributed by atoms with E-state index in [-0.39, 0.29) is 6.03 Å². The highest BCUT2D eigenvalue weighted by atomic mass is 32.2. The number of nitrogens with one attached hydrogen (secondary N) is 2. The van der Waals surface area contributed by atoms with Gasteiger partial charge in [0.05, 0.1) is 0 Å². The van der Waals surface area contributed by atoms with Crippen molar-refractivity contribution in [1.29, 1.82) is 0 Å². The fraction of sp³-hybridized carbons (Fsp3) is 0.917. The summed E-state index contributed by atoms with van der Waals surface area (Å²) in [5, 5.41) is 6.71. The number of rotatable bonds is 3. The molecule has 0 spiro atoms. The van der Waals surface area contributed by atoms with E-state index in [1.165, 1.54) is 36.5 Å². The quantitative estimate of drug-likeness (QED) is 0.830. The van der Waals surface area contributed by atoms with Crippen LogP contribution in [0.2, 0.25) is 0 Å². The summed E-state index contributed by atoms with van der Waals surface area (Å²) in [7, 11) is 0. The first-order valence-electron chi connectivity index (χ1n) is 6.58. The van der Waals surface area contributed by atoms with Gasteiger partial charge in [-0.2, -0.15) is 23.5 Å². The van der Waals surface area contributed by atoms with Crippen LogP contribution in [0.1, 0.15) is 32.1 Å². The molecule has 1 aliphatic carbocycles. The number of thioether (sulfide) groups is 2. The Bertz CT molecular complexity index is 239. The zero-order chi connectivity index (χ0) is 11.9. The third kappa shape index (κ3) is 5.00. The van der Waals surface area contributed by atoms with Gasteiger partial charge in [0.25, 0.3) is 0 Å². The van der Waals surface area contributed by atoms with Crippen LogP contribution >= 0.6 is 23.5 Å². The molecule has 2 fully saturated rings. The molecular weight excluding hydrogens is 252 g/mol. The summed E-state index contributed by atoms with van der Waals surface area (Å²) in [5.74, 6) is 3.66. The SMILES string of the molecule is O=C(NC[C@@H]1CSCCS1)NC1CCCCC1. The van der Waals surface area contributed by atoms with Crippen LogP contribution in [0.25, 0.3) is 0 Å². The molecule has 98 valence electrons. The summed E-state index contributed by atoms with van der Waals surface area (Å²) in [6.07, 6.45) is 6.17. The summed E-state index contributed by atoms with van der Waals surface area (Å²) in [6, 6.07) is 0.449. The van der Waals surface area contributed by atoms with Crippen molar-refractivity contribution in [2.24, 2.45) is 0 Å². The molecule has 3 nitrogen and oxygen atoms in total. The van der Waals surface area contributed by atoms with Gasteiger partial charge >= 0.3 is 6.03 Å². The number of carbonyl (C=O) groups excluding carboxylic acids is 1. The minimum atomic E-state index is 0.0353. The van der Waals surface area contributed by atoms with E-state index in [1.807, 2.05) is 23.5 Å². The number of carbonyl (C=O) groups is 1. The highest BCUT2D eigenvalue weighted by Crippen LogP contribution is 2.23. The van der Waals surface area contributed by atoms with Crippen molar-refractivity contribution in [3.05, 3.63) is 0 Å². The van der Waals surface area contributed by atoms with Gasteiger partial charge in [0, 0.05) is 35.1 Å². The van der Waals surface area contributed by atoms with Gasteiger partial charge in [0.1, 0.15) is 0 Å². The van der Waals surface area contributed by atoms with E-state index in [2.05, 4.69) is 10.6 Å². The van der Waals surface area contributed by atoms with Crippen molar-refractivity contribution in [3.63, 3.8) is 0 Å². The summed E-state index contributed by atoms with van der Waals surface area (Å²) in [4.78, 5) is 11.7. The molecule has 2 amide bonds. The lowest BCUT2D eigenvalue weighted by atomic mass is 9.96. The van der Waals surface area contributed by atoms with Crippen LogP contribution < -0.4 is 10.6 Å². The van der Waals surface area contributed by atoms with Gasteiger partial charge in [0.15, 0.2) is 0 Å². The third-order valence-corrected chi connectivity index (χ3v) is 6.16. The van der Waals surface area contributed by atoms with Gasteiger partial charge in [-0.05, 0) is 12.8 Å². The maximum absolute atomic E-state index is 11.7. The second-order valence-electron chi connectivity index (χ2n) is 4.76. The molecule has 1 atom stereocenters. The van der Waals surface area contributed by atoms with Crippen molar-refractivity contribution >= 4 is 29.6 Å². The third-order valence-electron chi connectivity index (χ3n) is 3.32. The Morgan fingerprint density at radius 3 is 2.71 bits per heavy atom. The molecule has 2 N–H and O–H groups in total. The lowest BCUT2D eigenvalue weighted by Crippen LogP contribution is -2.45. The van der Waals surface area contributed by atoms with Crippen molar-refractivity contribution in [3.8, 4) is 0 Å². The molecule has 1 heterocycles. The smallest absolute Gasteiger partial charge is 0.315 e. The summed E-state index contributed by atoms with van der Waals surface area (Å²) < 4.78 is 0. The Kier molecular flexibility index (Phi) is 5.85. The number of amides is 2. The van der Waals surface area contributed by atoms with Crippen LogP contribution in [0.5, 0.6) is 0 Å². The van der Waals surface area contributed by atoms with E-state index in [0.717, 1.165) is 19.4 Å². The molecule has 0 aromatic heterocycles. The molecule has 2 aliphatic rings. The number of hydrogen-bond acceptors (Lipinski definition) is 3. The van der Waals surface area contributed by atoms with Gasteiger partial charge in [-0.1, -0.05) is 19.3 Å². The molecule has 1 saturated carbocycles. The predicted molar refractivity (Wildman–Crippen MR) is 77.0 cm³/mol. The molecule has 2 rings (SSSR count). The van der Waals surface area contributed by atoms with Gasteiger partial charge < -0.3 is 10.6 Å². The molecule has 0 bridgehead atoms. The van der Waals surface area contributed by atoms with Gasteiger partial charge in [-0.25, -0.2) is 4.79 Å². The van der Waals surface area contributed by atoms with E-state index in [9.17, 15) is 4.79 Å². The van der Waals surface area contributed by atoms with Crippen molar-refractivity contribution < 1.29 is 4.79 Å². The lowest BCUT2D eigenvalue weighted by Gasteiger charge is -2.24. The lowest BCUT2D eigenvalue weighted by molar-refractivity contribution is 0.233. The molecule has 1 saturated heterocycles. The first-order valence-corrected chi connectivity index (χ1v) is 8.78. The second kappa shape index (κ2) is 7.41. The molecular formula is C12H22N2OS2. The zero-order valence-electron chi connectivity index (χ0n) is 10.2. The average molecular weight is 274 g/mol. The van der Waals surface area contributed by atoms with Crippen molar-refractivity contribution in [2.45, 2.75) is 43.4 Å². The predicted octanol–water partition coefficient (Wildman–Crippen LogP) is 2.47. The minimum Gasteiger partial charge on any atom is -0.337 e. The Labute approximate surface area is 112 Å². The average Bonchev–Trinajstić information content (AvgIpc) is 2.39. The summed E-state index contributed by atoms with van der Waals surface area (Å²) in [5.41, 5.74) is 0. The number of urea groups is 1. The minimum absolute atomic E-state index is 0.0353. The standard InChI is InChI=1S/C12H22N2OS2/c15-12(14-10-4-2-1-3-5-10)13-8-11-9-16-6-7-17-11/h10-11H,1-9H2,(H2,13,14,15)/t11-/m1/s1. The van der Waals surface area contributed by atoms with E-state index < -0.39 is 0 Å². The Morgan fingerprint density at radius 1 is 1.18 bits per heavy atom. The first-order chi connectivity index (χ1) is 8.34. The van der Waals surface area contributed by atoms with E-state index in [1.54, 1.807) is 0 Å². The first kappa shape index (κ1) is 13.4. The topological polar surface area (TPSA) is 41.1 Å². The van der Waals surface area contributed by atoms with E-state index in [0.29, 0.717) is 11.3 Å². The van der Waals surface area contributed by atoms with Gasteiger partial charge in [-0.15, -0.1) is 0 Å². The molecule has 17 heavy (non-hydrogen) atoms.